The average Bonchev–Trinajstić information content (AvgIpc) is 2.73. The van der Waals surface area contributed by atoms with Crippen LogP contribution in [0.1, 0.15) is 23.6 Å². The molecule has 28 heavy (non-hydrogen) atoms. The fourth-order valence-electron chi connectivity index (χ4n) is 3.66. The lowest BCUT2D eigenvalue weighted by Crippen LogP contribution is -2.44. The number of nitrogens with one attached hydrogen (secondary N) is 1. The molecule has 0 bridgehead atoms. The summed E-state index contributed by atoms with van der Waals surface area (Å²) < 4.78 is 5.71. The van der Waals surface area contributed by atoms with E-state index in [1.807, 2.05) is 30.5 Å². The first-order valence-corrected chi connectivity index (χ1v) is 9.85. The number of aliphatic imine (C=N–C) groups is 1. The van der Waals surface area contributed by atoms with Crippen molar-refractivity contribution in [3.63, 3.8) is 0 Å². The average molecular weight is 380 g/mol. The van der Waals surface area contributed by atoms with Gasteiger partial charge >= 0.3 is 0 Å². The first-order chi connectivity index (χ1) is 13.7. The molecule has 2 aliphatic rings. The fraction of sp³-hybridized carbons (Fsp3) is 0.429. The van der Waals surface area contributed by atoms with Crippen LogP contribution in [0.5, 0.6) is 5.75 Å². The number of hydrogen-bond acceptors (Lipinski definition) is 5. The van der Waals surface area contributed by atoms with Gasteiger partial charge in [0.15, 0.2) is 5.96 Å². The molecule has 0 aliphatic carbocycles. The van der Waals surface area contributed by atoms with Crippen molar-refractivity contribution >= 4 is 11.8 Å². The molecule has 1 saturated heterocycles. The zero-order valence-electron chi connectivity index (χ0n) is 16.3. The number of rotatable bonds is 4. The number of para-hydroxylation sites is 1. The van der Waals surface area contributed by atoms with E-state index < -0.39 is 0 Å². The van der Waals surface area contributed by atoms with Gasteiger partial charge in [-0.05, 0) is 30.8 Å². The van der Waals surface area contributed by atoms with E-state index >= 15 is 0 Å². The Morgan fingerprint density at radius 2 is 2.07 bits per heavy atom. The predicted octanol–water partition coefficient (Wildman–Crippen LogP) is 1.76. The number of benzene rings is 1. The van der Waals surface area contributed by atoms with Crippen molar-refractivity contribution in [2.75, 3.05) is 44.7 Å². The van der Waals surface area contributed by atoms with Gasteiger partial charge in [-0.25, -0.2) is 9.98 Å². The Kier molecular flexibility index (Phi) is 5.62. The maximum Gasteiger partial charge on any atom is 0.189 e. The van der Waals surface area contributed by atoms with Crippen LogP contribution >= 0.6 is 0 Å². The number of pyridine rings is 1. The number of aromatic nitrogens is 1. The van der Waals surface area contributed by atoms with E-state index in [4.69, 9.17) is 10.5 Å². The number of piperazine rings is 1. The van der Waals surface area contributed by atoms with E-state index in [1.165, 1.54) is 0 Å². The van der Waals surface area contributed by atoms with Gasteiger partial charge in [0, 0.05) is 44.4 Å². The Morgan fingerprint density at radius 3 is 2.93 bits per heavy atom. The standard InChI is InChI=1S/C21H28N6O/c1-26-9-11-27(12-10-26)20-14-16(6-8-23-20)15-24-21(22)25-18-7-13-28-19-5-3-2-4-17(18)19/h2-6,8,14,18H,7,9-13,15H2,1H3,(H3,22,24,25). The summed E-state index contributed by atoms with van der Waals surface area (Å²) in [5.41, 5.74) is 8.42. The number of fused-ring (bicyclic) bond motifs is 1. The SMILES string of the molecule is CN1CCN(c2cc(CN=C(N)NC3CCOc4ccccc43)ccn2)CC1. The van der Waals surface area contributed by atoms with Crippen LogP contribution in [0.15, 0.2) is 47.6 Å². The molecule has 1 aromatic carbocycles. The van der Waals surface area contributed by atoms with Gasteiger partial charge in [-0.2, -0.15) is 0 Å². The lowest BCUT2D eigenvalue weighted by Gasteiger charge is -2.33. The number of hydrogen-bond donors (Lipinski definition) is 2. The Bertz CT molecular complexity index is 831. The maximum atomic E-state index is 6.17. The minimum Gasteiger partial charge on any atom is -0.493 e. The van der Waals surface area contributed by atoms with Crippen molar-refractivity contribution in [1.29, 1.82) is 0 Å². The van der Waals surface area contributed by atoms with Gasteiger partial charge in [0.05, 0.1) is 19.2 Å². The molecule has 3 N–H and O–H groups in total. The van der Waals surface area contributed by atoms with E-state index in [0.717, 1.165) is 55.3 Å². The van der Waals surface area contributed by atoms with Crippen LogP contribution in [-0.2, 0) is 6.54 Å². The normalized spacial score (nSPS) is 20.4. The third-order valence-electron chi connectivity index (χ3n) is 5.35. The number of ether oxygens (including phenoxy) is 1. The number of guanidine groups is 1. The summed E-state index contributed by atoms with van der Waals surface area (Å²) in [5, 5.41) is 3.34. The molecule has 0 spiro atoms. The Labute approximate surface area is 166 Å². The minimum absolute atomic E-state index is 0.132. The topological polar surface area (TPSA) is 79.0 Å². The molecule has 2 aliphatic heterocycles. The van der Waals surface area contributed by atoms with Gasteiger partial charge in [0.1, 0.15) is 11.6 Å². The van der Waals surface area contributed by atoms with E-state index in [9.17, 15) is 0 Å². The summed E-state index contributed by atoms with van der Waals surface area (Å²) in [6.45, 7) is 5.35. The molecule has 0 radical (unpaired) electrons. The molecule has 1 atom stereocenters. The molecule has 2 aromatic rings. The van der Waals surface area contributed by atoms with Crippen molar-refractivity contribution in [2.24, 2.45) is 10.7 Å². The molecule has 0 saturated carbocycles. The second-order valence-electron chi connectivity index (χ2n) is 7.39. The largest absolute Gasteiger partial charge is 0.493 e. The van der Waals surface area contributed by atoms with Crippen molar-refractivity contribution in [3.8, 4) is 5.75 Å². The van der Waals surface area contributed by atoms with Crippen molar-refractivity contribution in [1.82, 2.24) is 15.2 Å². The number of nitrogens with zero attached hydrogens (tertiary/aromatic N) is 4. The monoisotopic (exact) mass is 380 g/mol. The van der Waals surface area contributed by atoms with Crippen LogP contribution < -0.4 is 20.7 Å². The number of nitrogens with two attached hydrogens (primary N) is 1. The van der Waals surface area contributed by atoms with Crippen molar-refractivity contribution in [3.05, 3.63) is 53.7 Å². The summed E-state index contributed by atoms with van der Waals surface area (Å²) >= 11 is 0. The van der Waals surface area contributed by atoms with Crippen LogP contribution in [0.25, 0.3) is 0 Å². The Morgan fingerprint density at radius 1 is 1.25 bits per heavy atom. The molecule has 3 heterocycles. The number of anilines is 1. The molecular formula is C21H28N6O. The molecule has 4 rings (SSSR count). The summed E-state index contributed by atoms with van der Waals surface area (Å²) in [4.78, 5) is 13.7. The van der Waals surface area contributed by atoms with Crippen molar-refractivity contribution < 1.29 is 4.74 Å². The van der Waals surface area contributed by atoms with Crippen LogP contribution in [0.4, 0.5) is 5.82 Å². The van der Waals surface area contributed by atoms with E-state index in [2.05, 4.69) is 44.3 Å². The summed E-state index contributed by atoms with van der Waals surface area (Å²) in [6, 6.07) is 12.3. The van der Waals surface area contributed by atoms with Gasteiger partial charge in [0.25, 0.3) is 0 Å². The van der Waals surface area contributed by atoms with E-state index in [1.54, 1.807) is 0 Å². The third-order valence-corrected chi connectivity index (χ3v) is 5.35. The lowest BCUT2D eigenvalue weighted by molar-refractivity contribution is 0.262. The molecule has 0 amide bonds. The van der Waals surface area contributed by atoms with Crippen LogP contribution in [0.3, 0.4) is 0 Å². The van der Waals surface area contributed by atoms with Crippen LogP contribution in [-0.4, -0.2) is 55.7 Å². The molecular weight excluding hydrogens is 352 g/mol. The van der Waals surface area contributed by atoms with E-state index in [0.29, 0.717) is 19.1 Å². The second-order valence-corrected chi connectivity index (χ2v) is 7.39. The highest BCUT2D eigenvalue weighted by Gasteiger charge is 2.21. The molecule has 148 valence electrons. The predicted molar refractivity (Wildman–Crippen MR) is 112 cm³/mol. The first kappa shape index (κ1) is 18.6. The van der Waals surface area contributed by atoms with Gasteiger partial charge in [-0.1, -0.05) is 18.2 Å². The molecule has 1 unspecified atom stereocenters. The van der Waals surface area contributed by atoms with Gasteiger partial charge in [-0.15, -0.1) is 0 Å². The third kappa shape index (κ3) is 4.36. The fourth-order valence-corrected chi connectivity index (χ4v) is 3.66. The molecule has 7 heteroatoms. The van der Waals surface area contributed by atoms with Crippen LogP contribution in [0, 0.1) is 0 Å². The molecule has 1 fully saturated rings. The quantitative estimate of drug-likeness (QED) is 0.622. The summed E-state index contributed by atoms with van der Waals surface area (Å²) in [5.74, 6) is 2.40. The first-order valence-electron chi connectivity index (χ1n) is 9.85. The van der Waals surface area contributed by atoms with Crippen LogP contribution in [0.2, 0.25) is 0 Å². The highest BCUT2D eigenvalue weighted by molar-refractivity contribution is 5.78. The Hall–Kier alpha value is -2.80. The summed E-state index contributed by atoms with van der Waals surface area (Å²) in [6.07, 6.45) is 2.73. The van der Waals surface area contributed by atoms with Gasteiger partial charge in [0.2, 0.25) is 0 Å². The molecule has 1 aromatic heterocycles. The lowest BCUT2D eigenvalue weighted by atomic mass is 10.0. The smallest absolute Gasteiger partial charge is 0.189 e. The maximum absolute atomic E-state index is 6.17. The van der Waals surface area contributed by atoms with Gasteiger partial charge in [-0.3, -0.25) is 0 Å². The van der Waals surface area contributed by atoms with Crippen molar-refractivity contribution in [2.45, 2.75) is 19.0 Å². The zero-order chi connectivity index (χ0) is 19.3. The Balaban J connectivity index is 1.38. The highest BCUT2D eigenvalue weighted by atomic mass is 16.5. The zero-order valence-corrected chi connectivity index (χ0v) is 16.3. The van der Waals surface area contributed by atoms with E-state index in [-0.39, 0.29) is 6.04 Å². The minimum atomic E-state index is 0.132. The molecule has 7 nitrogen and oxygen atoms in total. The van der Waals surface area contributed by atoms with Gasteiger partial charge < -0.3 is 25.6 Å². The second kappa shape index (κ2) is 8.48. The highest BCUT2D eigenvalue weighted by Crippen LogP contribution is 2.31. The summed E-state index contributed by atoms with van der Waals surface area (Å²) in [7, 11) is 2.16. The number of likely N-dealkylation sites (N-methyl/N-ethyl adjacent to an activating group) is 1.